The van der Waals surface area contributed by atoms with Crippen LogP contribution < -0.4 is 10.2 Å². The van der Waals surface area contributed by atoms with E-state index in [2.05, 4.69) is 35.0 Å². The maximum Gasteiger partial charge on any atom is 0.409 e. The topological polar surface area (TPSA) is 57.7 Å². The Morgan fingerprint density at radius 1 is 1.26 bits per heavy atom. The van der Waals surface area contributed by atoms with E-state index < -0.39 is 0 Å². The number of hydrogen-bond acceptors (Lipinski definition) is 6. The molecule has 8 heteroatoms. The first-order chi connectivity index (χ1) is 15.1. The van der Waals surface area contributed by atoms with E-state index in [0.717, 1.165) is 67.4 Å². The van der Waals surface area contributed by atoms with Gasteiger partial charge in [-0.3, -0.25) is 0 Å². The second kappa shape index (κ2) is 9.77. The molecule has 0 bridgehead atoms. The second-order valence-electron chi connectivity index (χ2n) is 8.23. The summed E-state index contributed by atoms with van der Waals surface area (Å²) in [6.45, 7) is 3.09. The number of anilines is 2. The van der Waals surface area contributed by atoms with Crippen LogP contribution in [-0.4, -0.2) is 61.1 Å². The fraction of sp³-hybridized carbons (Fsp3) is 0.478. The zero-order valence-corrected chi connectivity index (χ0v) is 18.7. The van der Waals surface area contributed by atoms with Crippen LogP contribution in [0.25, 0.3) is 0 Å². The molecule has 2 aromatic rings. The molecule has 166 valence electrons. The van der Waals surface area contributed by atoms with E-state index in [1.165, 1.54) is 19.2 Å². The molecule has 1 amide bonds. The van der Waals surface area contributed by atoms with Crippen molar-refractivity contribution in [3.8, 4) is 0 Å². The molecule has 0 saturated carbocycles. The number of carbonyl (C=O) groups excluding carboxylic acids is 1. The molecule has 4 rings (SSSR count). The number of likely N-dealkylation sites (tertiary alicyclic amines) is 1. The molecule has 2 fully saturated rings. The first kappa shape index (κ1) is 21.7. The van der Waals surface area contributed by atoms with E-state index in [1.54, 1.807) is 4.90 Å². The summed E-state index contributed by atoms with van der Waals surface area (Å²) in [6, 6.07) is 11.1. The SMILES string of the molecule is COC(=O)N1CCCC(Nc2cc(CCS)nc(N3CC(c4ccc(F)cc4)C3)c2)C1. The third-order valence-corrected chi connectivity index (χ3v) is 6.23. The van der Waals surface area contributed by atoms with Gasteiger partial charge in [-0.05, 0) is 48.8 Å². The smallest absolute Gasteiger partial charge is 0.409 e. The van der Waals surface area contributed by atoms with Gasteiger partial charge in [0.1, 0.15) is 11.6 Å². The minimum Gasteiger partial charge on any atom is -0.453 e. The third kappa shape index (κ3) is 5.23. The highest BCUT2D eigenvalue weighted by Crippen LogP contribution is 2.32. The van der Waals surface area contributed by atoms with E-state index in [4.69, 9.17) is 9.72 Å². The number of aryl methyl sites for hydroxylation is 1. The van der Waals surface area contributed by atoms with Gasteiger partial charge in [0.05, 0.1) is 7.11 Å². The monoisotopic (exact) mass is 444 g/mol. The second-order valence-corrected chi connectivity index (χ2v) is 8.68. The fourth-order valence-electron chi connectivity index (χ4n) is 4.30. The lowest BCUT2D eigenvalue weighted by Crippen LogP contribution is -2.46. The number of piperidine rings is 1. The average Bonchev–Trinajstić information content (AvgIpc) is 2.74. The number of hydrogen-bond donors (Lipinski definition) is 2. The number of pyridine rings is 1. The Hall–Kier alpha value is -2.48. The fourth-order valence-corrected chi connectivity index (χ4v) is 4.53. The summed E-state index contributed by atoms with van der Waals surface area (Å²) in [4.78, 5) is 20.7. The van der Waals surface area contributed by atoms with Crippen LogP contribution in [0, 0.1) is 5.82 Å². The molecule has 6 nitrogen and oxygen atoms in total. The van der Waals surface area contributed by atoms with Gasteiger partial charge in [0, 0.05) is 55.6 Å². The summed E-state index contributed by atoms with van der Waals surface area (Å²) < 4.78 is 18.1. The minimum atomic E-state index is -0.273. The van der Waals surface area contributed by atoms with Crippen molar-refractivity contribution >= 4 is 30.2 Å². The highest BCUT2D eigenvalue weighted by Gasteiger charge is 2.30. The predicted molar refractivity (Wildman–Crippen MR) is 124 cm³/mol. The normalized spacial score (nSPS) is 19.1. The molecule has 3 heterocycles. The molecule has 31 heavy (non-hydrogen) atoms. The van der Waals surface area contributed by atoms with E-state index in [9.17, 15) is 9.18 Å². The lowest BCUT2D eigenvalue weighted by Gasteiger charge is -2.41. The maximum atomic E-state index is 13.2. The standard InChI is InChI=1S/C23H29FN4O2S/c1-30-23(29)27-9-2-3-20(15-27)25-21-11-19(8-10-31)26-22(12-21)28-13-17(14-28)16-4-6-18(24)7-5-16/h4-7,11-12,17,20,31H,2-3,8-10,13-15H2,1H3,(H,25,26). The molecular formula is C23H29FN4O2S. The zero-order valence-electron chi connectivity index (χ0n) is 17.8. The Morgan fingerprint density at radius 2 is 2.03 bits per heavy atom. The third-order valence-electron chi connectivity index (χ3n) is 6.00. The summed E-state index contributed by atoms with van der Waals surface area (Å²) in [5.41, 5.74) is 3.18. The molecular weight excluding hydrogens is 415 g/mol. The van der Waals surface area contributed by atoms with Gasteiger partial charge in [0.25, 0.3) is 0 Å². The van der Waals surface area contributed by atoms with Crippen molar-refractivity contribution in [2.24, 2.45) is 0 Å². The number of amides is 1. The van der Waals surface area contributed by atoms with Crippen LogP contribution in [-0.2, 0) is 11.2 Å². The van der Waals surface area contributed by atoms with Crippen molar-refractivity contribution < 1.29 is 13.9 Å². The Balaban J connectivity index is 1.44. The van der Waals surface area contributed by atoms with Gasteiger partial charge >= 0.3 is 6.09 Å². The highest BCUT2D eigenvalue weighted by atomic mass is 32.1. The van der Waals surface area contributed by atoms with Crippen molar-refractivity contribution in [1.29, 1.82) is 0 Å². The van der Waals surface area contributed by atoms with E-state index in [1.807, 2.05) is 12.1 Å². The molecule has 0 aliphatic carbocycles. The molecule has 0 spiro atoms. The summed E-state index contributed by atoms with van der Waals surface area (Å²) in [6.07, 6.45) is 2.47. The van der Waals surface area contributed by atoms with Gasteiger partial charge in [-0.25, -0.2) is 14.2 Å². The number of carbonyl (C=O) groups is 1. The summed E-state index contributed by atoms with van der Waals surface area (Å²) in [7, 11) is 1.42. The molecule has 2 aliphatic rings. The lowest BCUT2D eigenvalue weighted by atomic mass is 9.91. The largest absolute Gasteiger partial charge is 0.453 e. The van der Waals surface area contributed by atoms with Gasteiger partial charge in [-0.1, -0.05) is 12.1 Å². The van der Waals surface area contributed by atoms with Crippen molar-refractivity contribution in [3.05, 3.63) is 53.5 Å². The van der Waals surface area contributed by atoms with Crippen molar-refractivity contribution in [2.45, 2.75) is 31.2 Å². The molecule has 2 saturated heterocycles. The lowest BCUT2D eigenvalue weighted by molar-refractivity contribution is 0.113. The molecule has 2 aliphatic heterocycles. The molecule has 1 atom stereocenters. The molecule has 1 aromatic carbocycles. The first-order valence-corrected chi connectivity index (χ1v) is 11.4. The number of ether oxygens (including phenoxy) is 1. The van der Waals surface area contributed by atoms with Crippen LogP contribution in [0.5, 0.6) is 0 Å². The summed E-state index contributed by atoms with van der Waals surface area (Å²) in [5.74, 6) is 1.86. The van der Waals surface area contributed by atoms with Crippen LogP contribution >= 0.6 is 12.6 Å². The minimum absolute atomic E-state index is 0.176. The number of nitrogens with zero attached hydrogens (tertiary/aromatic N) is 3. The number of halogens is 1. The quantitative estimate of drug-likeness (QED) is 0.661. The van der Waals surface area contributed by atoms with Gasteiger partial charge in [-0.15, -0.1) is 0 Å². The highest BCUT2D eigenvalue weighted by molar-refractivity contribution is 7.80. The van der Waals surface area contributed by atoms with Crippen LogP contribution in [0.15, 0.2) is 36.4 Å². The van der Waals surface area contributed by atoms with Crippen LogP contribution in [0.1, 0.15) is 30.0 Å². The van der Waals surface area contributed by atoms with Crippen LogP contribution in [0.3, 0.4) is 0 Å². The maximum absolute atomic E-state index is 13.2. The zero-order chi connectivity index (χ0) is 21.8. The van der Waals surface area contributed by atoms with Crippen molar-refractivity contribution in [2.75, 3.05) is 49.3 Å². The summed E-state index contributed by atoms with van der Waals surface area (Å²) >= 11 is 4.37. The molecule has 0 radical (unpaired) electrons. The van der Waals surface area contributed by atoms with E-state index in [-0.39, 0.29) is 18.0 Å². The Kier molecular flexibility index (Phi) is 6.85. The number of nitrogens with one attached hydrogen (secondary N) is 1. The van der Waals surface area contributed by atoms with Gasteiger partial charge in [-0.2, -0.15) is 12.6 Å². The summed E-state index contributed by atoms with van der Waals surface area (Å²) in [5, 5.41) is 3.60. The number of thiol groups is 1. The first-order valence-electron chi connectivity index (χ1n) is 10.8. The van der Waals surface area contributed by atoms with Gasteiger partial charge < -0.3 is 19.9 Å². The van der Waals surface area contributed by atoms with Crippen LogP contribution in [0.2, 0.25) is 0 Å². The molecule has 1 unspecified atom stereocenters. The Bertz CT molecular complexity index is 905. The molecule has 1 N–H and O–H groups in total. The van der Waals surface area contributed by atoms with Gasteiger partial charge in [0.2, 0.25) is 0 Å². The number of aromatic nitrogens is 1. The van der Waals surface area contributed by atoms with Crippen LogP contribution in [0.4, 0.5) is 20.7 Å². The number of benzene rings is 1. The van der Waals surface area contributed by atoms with E-state index in [0.29, 0.717) is 12.5 Å². The van der Waals surface area contributed by atoms with Crippen molar-refractivity contribution in [1.82, 2.24) is 9.88 Å². The predicted octanol–water partition coefficient (Wildman–Crippen LogP) is 3.94. The molecule has 1 aromatic heterocycles. The Labute approximate surface area is 188 Å². The van der Waals surface area contributed by atoms with E-state index >= 15 is 0 Å². The average molecular weight is 445 g/mol. The van der Waals surface area contributed by atoms with Gasteiger partial charge in [0.15, 0.2) is 0 Å². The Morgan fingerprint density at radius 3 is 2.74 bits per heavy atom. The number of methoxy groups -OCH3 is 1. The number of rotatable bonds is 6. The van der Waals surface area contributed by atoms with Crippen molar-refractivity contribution in [3.63, 3.8) is 0 Å².